The van der Waals surface area contributed by atoms with Crippen molar-refractivity contribution >= 4 is 43.3 Å². The molecule has 0 radical (unpaired) electrons. The lowest BCUT2D eigenvalue weighted by molar-refractivity contribution is -0.139. The summed E-state index contributed by atoms with van der Waals surface area (Å²) in [6, 6.07) is 12.1. The van der Waals surface area contributed by atoms with Crippen molar-refractivity contribution in [2.45, 2.75) is 154 Å². The van der Waals surface area contributed by atoms with Crippen LogP contribution in [0.25, 0.3) is 0 Å². The van der Waals surface area contributed by atoms with Crippen LogP contribution in [-0.4, -0.2) is 121 Å². The summed E-state index contributed by atoms with van der Waals surface area (Å²) in [5, 5.41) is 20.1. The predicted octanol–water partition coefficient (Wildman–Crippen LogP) is 2.74. The van der Waals surface area contributed by atoms with E-state index in [0.717, 1.165) is 58.3 Å². The highest BCUT2D eigenvalue weighted by Crippen LogP contribution is 2.38. The molecule has 4 rings (SSSR count). The summed E-state index contributed by atoms with van der Waals surface area (Å²) in [7, 11) is -5.12. The van der Waals surface area contributed by atoms with E-state index in [1.807, 2.05) is 36.6 Å². The van der Waals surface area contributed by atoms with Crippen LogP contribution < -0.4 is 27.0 Å². The minimum absolute atomic E-state index is 0.0883. The molecule has 3 aromatic rings. The monoisotopic (exact) mass is 997 g/mol. The molecule has 20 nitrogen and oxygen atoms in total. The van der Waals surface area contributed by atoms with Gasteiger partial charge in [0.15, 0.2) is 0 Å². The van der Waals surface area contributed by atoms with Gasteiger partial charge in [-0.15, -0.1) is 0 Å². The molecule has 1 aromatic heterocycles. The quantitative estimate of drug-likeness (QED) is 0.0340. The molecule has 0 spiro atoms. The van der Waals surface area contributed by atoms with Crippen LogP contribution in [0, 0.1) is 5.92 Å². The average Bonchev–Trinajstić information content (AvgIpc) is 3.99. The smallest absolute Gasteiger partial charge is 0.394 e. The van der Waals surface area contributed by atoms with Gasteiger partial charge < -0.3 is 56.1 Å². The number of carbonyl (C=O) groups excluding carboxylic acids is 6. The van der Waals surface area contributed by atoms with Crippen LogP contribution in [0.1, 0.15) is 108 Å². The van der Waals surface area contributed by atoms with Crippen LogP contribution in [0.4, 0.5) is 0 Å². The van der Waals surface area contributed by atoms with Crippen LogP contribution in [0.15, 0.2) is 67.1 Å². The number of hydrogen-bond acceptors (Lipinski definition) is 11. The highest BCUT2D eigenvalue weighted by Gasteiger charge is 2.37. The number of imidazole rings is 1. The van der Waals surface area contributed by atoms with Crippen LogP contribution in [0.3, 0.4) is 0 Å². The molecule has 70 heavy (non-hydrogen) atoms. The highest BCUT2D eigenvalue weighted by atomic mass is 31.2. The number of aliphatic hydroxyl groups excluding tert-OH is 1. The molecule has 1 fully saturated rings. The normalized spacial score (nSPS) is 15.9. The maximum absolute atomic E-state index is 14.0. The number of likely N-dealkylation sites (tertiary alicyclic amines) is 1. The van der Waals surface area contributed by atoms with Crippen molar-refractivity contribution < 1.29 is 57.5 Å². The van der Waals surface area contributed by atoms with E-state index in [2.05, 4.69) is 67.2 Å². The number of primary amides is 1. The number of amides is 6. The molecule has 2 aromatic carbocycles. The number of rotatable bonds is 31. The number of ether oxygens (including phenoxy) is 1. The van der Waals surface area contributed by atoms with Crippen LogP contribution >= 0.6 is 7.82 Å². The number of benzene rings is 2. The van der Waals surface area contributed by atoms with Crippen molar-refractivity contribution in [1.29, 1.82) is 0 Å². The van der Waals surface area contributed by atoms with Gasteiger partial charge in [-0.25, -0.2) is 9.55 Å². The summed E-state index contributed by atoms with van der Waals surface area (Å²) >= 11 is 0. The number of hydrogen-bond donors (Lipinski definition) is 8. The zero-order valence-electron chi connectivity index (χ0n) is 40.8. The third kappa shape index (κ3) is 20.1. The highest BCUT2D eigenvalue weighted by molar-refractivity contribution is 7.46. The number of aliphatic hydroxyl groups is 1. The Labute approximate surface area is 410 Å². The van der Waals surface area contributed by atoms with Gasteiger partial charge in [0.05, 0.1) is 37.9 Å². The second-order valence-electron chi connectivity index (χ2n) is 18.3. The molecule has 0 bridgehead atoms. The number of nitrogens with zero attached hydrogens (tertiary/aromatic N) is 3. The van der Waals surface area contributed by atoms with Crippen LogP contribution in [0.5, 0.6) is 0 Å². The molecule has 1 saturated heterocycles. The van der Waals surface area contributed by atoms with Gasteiger partial charge in [0.25, 0.3) is 0 Å². The van der Waals surface area contributed by atoms with E-state index in [1.165, 1.54) is 28.5 Å². The Kier molecular flexibility index (Phi) is 23.6. The van der Waals surface area contributed by atoms with Crippen molar-refractivity contribution in [3.05, 3.63) is 89.5 Å². The molecule has 2 heterocycles. The van der Waals surface area contributed by atoms with Crippen molar-refractivity contribution in [1.82, 2.24) is 35.7 Å². The minimum atomic E-state index is -5.12. The SMILES string of the molecule is CC(=O)N1CCC[C@H]1C(=O)N[C@@H](CC(C)C)C(=O)N[C@@H](Cc1cn(CCCCCCCCc2ccc(CCOCc3ccccc3)cc2)cn1)C(=O)N[C@@H](CO)C(=O)N[C@H](C(N)=O)[C@@H](C)OP(=O)(O)O. The zero-order valence-corrected chi connectivity index (χ0v) is 41.7. The second kappa shape index (κ2) is 29.0. The Morgan fingerprint density at radius 3 is 2.04 bits per heavy atom. The largest absolute Gasteiger partial charge is 0.469 e. The summed E-state index contributed by atoms with van der Waals surface area (Å²) in [5.41, 5.74) is 9.53. The van der Waals surface area contributed by atoms with Gasteiger partial charge in [-0.3, -0.25) is 33.3 Å². The first-order chi connectivity index (χ1) is 33.3. The second-order valence-corrected chi connectivity index (χ2v) is 19.5. The molecule has 386 valence electrons. The van der Waals surface area contributed by atoms with Gasteiger partial charge in [-0.1, -0.05) is 94.1 Å². The van der Waals surface area contributed by atoms with Gasteiger partial charge in [0.2, 0.25) is 35.4 Å². The Morgan fingerprint density at radius 2 is 1.41 bits per heavy atom. The molecule has 1 aliphatic heterocycles. The molecule has 9 N–H and O–H groups in total. The van der Waals surface area contributed by atoms with Gasteiger partial charge in [-0.2, -0.15) is 0 Å². The van der Waals surface area contributed by atoms with E-state index < -0.39 is 80.3 Å². The first-order valence-electron chi connectivity index (χ1n) is 24.2. The van der Waals surface area contributed by atoms with E-state index in [9.17, 15) is 48.2 Å². The predicted molar refractivity (Wildman–Crippen MR) is 260 cm³/mol. The van der Waals surface area contributed by atoms with Gasteiger partial charge in [0.1, 0.15) is 30.2 Å². The minimum Gasteiger partial charge on any atom is -0.394 e. The Morgan fingerprint density at radius 1 is 0.800 bits per heavy atom. The van der Waals surface area contributed by atoms with Crippen LogP contribution in [0.2, 0.25) is 0 Å². The number of phosphoric ester groups is 1. The molecule has 1 aliphatic rings. The summed E-state index contributed by atoms with van der Waals surface area (Å²) in [6.45, 7) is 7.51. The molecular formula is C49H73N8O12P. The number of aryl methyl sites for hydroxylation is 2. The zero-order chi connectivity index (χ0) is 51.2. The van der Waals surface area contributed by atoms with E-state index >= 15 is 0 Å². The number of aromatic nitrogens is 2. The maximum atomic E-state index is 14.0. The van der Waals surface area contributed by atoms with Gasteiger partial charge in [-0.05, 0) is 74.5 Å². The Balaban J connectivity index is 1.32. The summed E-state index contributed by atoms with van der Waals surface area (Å²) in [5.74, 6) is -4.88. The van der Waals surface area contributed by atoms with E-state index in [0.29, 0.717) is 44.8 Å². The summed E-state index contributed by atoms with van der Waals surface area (Å²) in [6.07, 6.45) is 11.0. The number of unbranched alkanes of at least 4 members (excludes halogenated alkanes) is 5. The summed E-state index contributed by atoms with van der Waals surface area (Å²) < 4.78 is 23.6. The lowest BCUT2D eigenvalue weighted by Crippen LogP contribution is -2.61. The first kappa shape index (κ1) is 57.1. The lowest BCUT2D eigenvalue weighted by Gasteiger charge is -2.28. The number of phosphoric acid groups is 1. The molecule has 0 saturated carbocycles. The maximum Gasteiger partial charge on any atom is 0.469 e. The van der Waals surface area contributed by atoms with E-state index in [1.54, 1.807) is 12.5 Å². The number of nitrogens with one attached hydrogen (secondary N) is 4. The molecule has 21 heteroatoms. The topological polar surface area (TPSA) is 294 Å². The fourth-order valence-corrected chi connectivity index (χ4v) is 8.84. The first-order valence-corrected chi connectivity index (χ1v) is 25.7. The Bertz CT molecular complexity index is 2190. The van der Waals surface area contributed by atoms with Crippen molar-refractivity contribution in [2.24, 2.45) is 11.7 Å². The van der Waals surface area contributed by atoms with Crippen molar-refractivity contribution in [3.63, 3.8) is 0 Å². The van der Waals surface area contributed by atoms with Gasteiger partial charge >= 0.3 is 7.82 Å². The summed E-state index contributed by atoms with van der Waals surface area (Å²) in [4.78, 5) is 103. The fourth-order valence-electron chi connectivity index (χ4n) is 8.29. The lowest BCUT2D eigenvalue weighted by atomic mass is 10.0. The standard InChI is InChI=1S/C49H73N8O12P/c1-33(2)27-40(53-49(64)43-18-14-25-57(43)35(4)59)46(61)52-41(47(62)54-42(30-58)48(63)55-44(45(50)60)34(3)69-70(65,66)67)28-39-29-56(32-51-39)24-13-8-6-5-7-10-15-36-19-21-37(22-20-36)23-26-68-31-38-16-11-9-12-17-38/h9,11-12,16-17,19-22,29,32-34,40-44,58H,5-8,10,13-15,18,23-28,30-31H2,1-4H3,(H2,50,60)(H,52,61)(H,53,64)(H,54,62)(H,55,63)(H2,65,66,67)/t34-,40+,41+,42+,43+,44+/m1/s1. The van der Waals surface area contributed by atoms with Crippen molar-refractivity contribution in [3.8, 4) is 0 Å². The Hall–Kier alpha value is -5.50. The molecule has 0 unspecified atom stereocenters. The van der Waals surface area contributed by atoms with E-state index in [4.69, 9.17) is 10.5 Å². The average molecular weight is 997 g/mol. The molecule has 0 aliphatic carbocycles. The third-order valence-corrected chi connectivity index (χ3v) is 12.6. The molecule has 6 atom stereocenters. The van der Waals surface area contributed by atoms with Gasteiger partial charge in [0, 0.05) is 32.6 Å². The molecule has 6 amide bonds. The fraction of sp³-hybridized carbons (Fsp3) is 0.571. The van der Waals surface area contributed by atoms with E-state index in [-0.39, 0.29) is 24.7 Å². The number of carbonyl (C=O) groups is 6. The third-order valence-electron chi connectivity index (χ3n) is 12.0. The number of nitrogens with two attached hydrogens (primary N) is 1. The molecular weight excluding hydrogens is 924 g/mol. The van der Waals surface area contributed by atoms with Crippen molar-refractivity contribution in [2.75, 3.05) is 19.8 Å². The van der Waals surface area contributed by atoms with Crippen LogP contribution in [-0.2, 0) is 75.0 Å².